The standard InChI is InChI=1S/C26H23N/c1-26(2,3)20-13-15-25-23(17-20)22-10-6-7-11-24(22)27(25)21-14-12-18-8-4-5-9-19(18)16-21/h4-17H,1-3H3. The first kappa shape index (κ1) is 16.1. The number of fused-ring (bicyclic) bond motifs is 4. The van der Waals surface area contributed by atoms with E-state index in [1.807, 2.05) is 0 Å². The molecule has 0 fully saturated rings. The highest BCUT2D eigenvalue weighted by Crippen LogP contribution is 2.35. The summed E-state index contributed by atoms with van der Waals surface area (Å²) in [6.07, 6.45) is 0. The number of hydrogen-bond acceptors (Lipinski definition) is 0. The van der Waals surface area contributed by atoms with Crippen molar-refractivity contribution in [3.63, 3.8) is 0 Å². The van der Waals surface area contributed by atoms with Crippen molar-refractivity contribution in [3.05, 3.63) is 90.5 Å². The second-order valence-corrected chi connectivity index (χ2v) is 8.37. The number of aromatic nitrogens is 1. The van der Waals surface area contributed by atoms with Crippen LogP contribution in [0.5, 0.6) is 0 Å². The quantitative estimate of drug-likeness (QED) is 0.301. The predicted molar refractivity (Wildman–Crippen MR) is 117 cm³/mol. The third kappa shape index (κ3) is 2.54. The van der Waals surface area contributed by atoms with Gasteiger partial charge in [0.15, 0.2) is 0 Å². The van der Waals surface area contributed by atoms with E-state index in [1.165, 1.54) is 43.8 Å². The molecule has 5 rings (SSSR count). The molecule has 1 heterocycles. The molecule has 1 heteroatoms. The Labute approximate surface area is 159 Å². The van der Waals surface area contributed by atoms with Crippen LogP contribution in [0.4, 0.5) is 0 Å². The Morgan fingerprint density at radius 1 is 0.593 bits per heavy atom. The van der Waals surface area contributed by atoms with Crippen LogP contribution in [0.25, 0.3) is 38.3 Å². The maximum Gasteiger partial charge on any atom is 0.0541 e. The van der Waals surface area contributed by atoms with Crippen molar-refractivity contribution >= 4 is 32.6 Å². The van der Waals surface area contributed by atoms with E-state index in [9.17, 15) is 0 Å². The molecular weight excluding hydrogens is 326 g/mol. The molecule has 0 spiro atoms. The fourth-order valence-corrected chi connectivity index (χ4v) is 4.03. The SMILES string of the molecule is CC(C)(C)c1ccc2c(c1)c1ccccc1n2-c1ccc2ccccc2c1. The van der Waals surface area contributed by atoms with Crippen LogP contribution in [0.15, 0.2) is 84.9 Å². The van der Waals surface area contributed by atoms with Crippen LogP contribution < -0.4 is 0 Å². The third-order valence-electron chi connectivity index (χ3n) is 5.53. The van der Waals surface area contributed by atoms with Crippen LogP contribution in [-0.4, -0.2) is 4.57 Å². The first-order valence-corrected chi connectivity index (χ1v) is 9.55. The van der Waals surface area contributed by atoms with Crippen molar-refractivity contribution in [3.8, 4) is 5.69 Å². The summed E-state index contributed by atoms with van der Waals surface area (Å²) in [6, 6.07) is 30.9. The number of rotatable bonds is 1. The molecule has 1 nitrogen and oxygen atoms in total. The van der Waals surface area contributed by atoms with E-state index in [0.29, 0.717) is 0 Å². The summed E-state index contributed by atoms with van der Waals surface area (Å²) < 4.78 is 2.39. The lowest BCUT2D eigenvalue weighted by Crippen LogP contribution is -2.10. The molecule has 5 aromatic rings. The van der Waals surface area contributed by atoms with Gasteiger partial charge in [-0.05, 0) is 52.1 Å². The van der Waals surface area contributed by atoms with Gasteiger partial charge < -0.3 is 4.57 Å². The molecule has 0 amide bonds. The summed E-state index contributed by atoms with van der Waals surface area (Å²) in [5.74, 6) is 0. The molecule has 0 N–H and O–H groups in total. The van der Waals surface area contributed by atoms with Gasteiger partial charge in [0.1, 0.15) is 0 Å². The largest absolute Gasteiger partial charge is 0.309 e. The summed E-state index contributed by atoms with van der Waals surface area (Å²) in [5.41, 5.74) is 5.24. The van der Waals surface area contributed by atoms with Crippen molar-refractivity contribution in [1.82, 2.24) is 4.57 Å². The van der Waals surface area contributed by atoms with Crippen molar-refractivity contribution in [1.29, 1.82) is 0 Å². The minimum Gasteiger partial charge on any atom is -0.309 e. The topological polar surface area (TPSA) is 4.93 Å². The van der Waals surface area contributed by atoms with Crippen molar-refractivity contribution in [2.45, 2.75) is 26.2 Å². The van der Waals surface area contributed by atoms with E-state index in [4.69, 9.17) is 0 Å². The summed E-state index contributed by atoms with van der Waals surface area (Å²) in [4.78, 5) is 0. The van der Waals surface area contributed by atoms with Crippen LogP contribution in [0.2, 0.25) is 0 Å². The minimum atomic E-state index is 0.139. The zero-order valence-electron chi connectivity index (χ0n) is 16.0. The third-order valence-corrected chi connectivity index (χ3v) is 5.53. The molecule has 0 unspecified atom stereocenters. The Kier molecular flexibility index (Phi) is 3.42. The van der Waals surface area contributed by atoms with Crippen LogP contribution in [0, 0.1) is 0 Å². The highest BCUT2D eigenvalue weighted by Gasteiger charge is 2.17. The molecule has 0 aliphatic rings. The smallest absolute Gasteiger partial charge is 0.0541 e. The van der Waals surface area contributed by atoms with Crippen LogP contribution in [0.3, 0.4) is 0 Å². The minimum absolute atomic E-state index is 0.139. The lowest BCUT2D eigenvalue weighted by atomic mass is 9.86. The molecule has 0 bridgehead atoms. The molecule has 0 aliphatic heterocycles. The Balaban J connectivity index is 1.87. The zero-order chi connectivity index (χ0) is 18.6. The molecule has 0 saturated heterocycles. The Morgan fingerprint density at radius 3 is 2.11 bits per heavy atom. The molecule has 132 valence electrons. The number of benzene rings is 4. The Hall–Kier alpha value is -3.06. The molecular formula is C26H23N. The zero-order valence-corrected chi connectivity index (χ0v) is 16.0. The van der Waals surface area contributed by atoms with Gasteiger partial charge in [0.25, 0.3) is 0 Å². The summed E-state index contributed by atoms with van der Waals surface area (Å²) in [5, 5.41) is 5.18. The average Bonchev–Trinajstić information content (AvgIpc) is 3.01. The molecule has 0 radical (unpaired) electrons. The normalized spacial score (nSPS) is 12.3. The van der Waals surface area contributed by atoms with Gasteiger partial charge in [0.05, 0.1) is 11.0 Å². The van der Waals surface area contributed by atoms with Gasteiger partial charge in [-0.15, -0.1) is 0 Å². The molecule has 1 aromatic heterocycles. The highest BCUT2D eigenvalue weighted by molar-refractivity contribution is 6.09. The van der Waals surface area contributed by atoms with Gasteiger partial charge >= 0.3 is 0 Å². The van der Waals surface area contributed by atoms with E-state index in [0.717, 1.165) is 0 Å². The molecule has 27 heavy (non-hydrogen) atoms. The van der Waals surface area contributed by atoms with E-state index in [-0.39, 0.29) is 5.41 Å². The van der Waals surface area contributed by atoms with Gasteiger partial charge in [-0.3, -0.25) is 0 Å². The summed E-state index contributed by atoms with van der Waals surface area (Å²) >= 11 is 0. The molecule has 0 atom stereocenters. The van der Waals surface area contributed by atoms with Gasteiger partial charge in [-0.1, -0.05) is 75.4 Å². The first-order chi connectivity index (χ1) is 13.0. The fourth-order valence-electron chi connectivity index (χ4n) is 4.03. The highest BCUT2D eigenvalue weighted by atomic mass is 15.0. The molecule has 0 saturated carbocycles. The summed E-state index contributed by atoms with van der Waals surface area (Å²) in [7, 11) is 0. The Bertz CT molecular complexity index is 1300. The second kappa shape index (κ2) is 5.72. The number of nitrogens with zero attached hydrogens (tertiary/aromatic N) is 1. The summed E-state index contributed by atoms with van der Waals surface area (Å²) in [6.45, 7) is 6.82. The van der Waals surface area contributed by atoms with Gasteiger partial charge in [-0.2, -0.15) is 0 Å². The molecule has 0 aliphatic carbocycles. The Morgan fingerprint density at radius 2 is 1.30 bits per heavy atom. The fraction of sp³-hybridized carbons (Fsp3) is 0.154. The monoisotopic (exact) mass is 349 g/mol. The lowest BCUT2D eigenvalue weighted by Gasteiger charge is -2.19. The van der Waals surface area contributed by atoms with Crippen LogP contribution in [-0.2, 0) is 5.41 Å². The first-order valence-electron chi connectivity index (χ1n) is 9.55. The average molecular weight is 349 g/mol. The van der Waals surface area contributed by atoms with Crippen molar-refractivity contribution in [2.24, 2.45) is 0 Å². The number of para-hydroxylation sites is 1. The van der Waals surface area contributed by atoms with Gasteiger partial charge in [-0.25, -0.2) is 0 Å². The maximum absolute atomic E-state index is 2.39. The van der Waals surface area contributed by atoms with E-state index < -0.39 is 0 Å². The van der Waals surface area contributed by atoms with Crippen LogP contribution in [0.1, 0.15) is 26.3 Å². The maximum atomic E-state index is 2.39. The van der Waals surface area contributed by atoms with Crippen molar-refractivity contribution in [2.75, 3.05) is 0 Å². The molecule has 4 aromatic carbocycles. The second-order valence-electron chi connectivity index (χ2n) is 8.37. The van der Waals surface area contributed by atoms with Crippen molar-refractivity contribution < 1.29 is 0 Å². The van der Waals surface area contributed by atoms with Crippen LogP contribution >= 0.6 is 0 Å². The van der Waals surface area contributed by atoms with Gasteiger partial charge in [0.2, 0.25) is 0 Å². The van der Waals surface area contributed by atoms with E-state index >= 15 is 0 Å². The van der Waals surface area contributed by atoms with E-state index in [2.05, 4.69) is 110 Å². The lowest BCUT2D eigenvalue weighted by molar-refractivity contribution is 0.591. The predicted octanol–water partition coefficient (Wildman–Crippen LogP) is 7.23. The van der Waals surface area contributed by atoms with Gasteiger partial charge in [0, 0.05) is 16.5 Å². The number of hydrogen-bond donors (Lipinski definition) is 0. The van der Waals surface area contributed by atoms with E-state index in [1.54, 1.807) is 0 Å².